The summed E-state index contributed by atoms with van der Waals surface area (Å²) in [4.78, 5) is 4.98. The standard InChI is InChI=1S/C51H29B7N2O/c1-2-37-59-34-19-11-12-20-36(34)60(37)35-22-21-33(31-17-9-10-18-32(31)35)39-42-40(44(52)47(55)48(56)46(42)54)38(41-43(39)51(61)50(58)49(57)45(41)53)30-24-28(26-13-5-3-6-14-26)23-29(25-30)27-15-7-4-8-16-27/h3-25,61H,2H2,1H3. The first-order valence-corrected chi connectivity index (χ1v) is 20.0. The highest BCUT2D eigenvalue weighted by molar-refractivity contribution is 6.69. The minimum Gasteiger partial charge on any atom is -0.508 e. The molecule has 0 aliphatic carbocycles. The number of nitrogens with zero attached hydrogens (tertiary/aromatic N) is 2. The van der Waals surface area contributed by atoms with E-state index in [9.17, 15) is 5.11 Å². The number of imidazole rings is 1. The quantitative estimate of drug-likeness (QED) is 0.192. The zero-order valence-electron chi connectivity index (χ0n) is 33.4. The fourth-order valence-corrected chi connectivity index (χ4v) is 9.10. The summed E-state index contributed by atoms with van der Waals surface area (Å²) >= 11 is 0. The minimum absolute atomic E-state index is 0.0355. The molecule has 0 aliphatic rings. The monoisotopic (exact) mass is 762 g/mol. The molecule has 0 saturated heterocycles. The lowest BCUT2D eigenvalue weighted by molar-refractivity contribution is 0.486. The molecule has 0 unspecified atom stereocenters. The third kappa shape index (κ3) is 5.94. The Morgan fingerprint density at radius 1 is 0.459 bits per heavy atom. The number of rotatable bonds is 6. The van der Waals surface area contributed by atoms with Crippen LogP contribution in [0.15, 0.2) is 140 Å². The summed E-state index contributed by atoms with van der Waals surface area (Å²) < 4.78 is 2.20. The fraction of sp³-hybridized carbons (Fsp3) is 0.0392. The lowest BCUT2D eigenvalue weighted by Gasteiger charge is -2.28. The maximum atomic E-state index is 12.4. The molecule has 0 aliphatic heterocycles. The van der Waals surface area contributed by atoms with Crippen LogP contribution in [0.1, 0.15) is 12.7 Å². The highest BCUT2D eigenvalue weighted by Gasteiger charge is 2.27. The van der Waals surface area contributed by atoms with Crippen molar-refractivity contribution in [1.82, 2.24) is 9.55 Å². The summed E-state index contributed by atoms with van der Waals surface area (Å²) in [5, 5.41) is 16.0. The molecule has 0 spiro atoms. The first-order valence-electron chi connectivity index (χ1n) is 20.0. The first-order chi connectivity index (χ1) is 29.6. The van der Waals surface area contributed by atoms with Crippen LogP contribution in [0.4, 0.5) is 0 Å². The van der Waals surface area contributed by atoms with Crippen LogP contribution >= 0.6 is 0 Å². The van der Waals surface area contributed by atoms with Gasteiger partial charge in [-0.2, -0.15) is 0 Å². The average molecular weight is 761 g/mol. The smallest absolute Gasteiger partial charge is 0.118 e. The Morgan fingerprint density at radius 2 is 0.951 bits per heavy atom. The number of para-hydroxylation sites is 2. The molecule has 0 atom stereocenters. The van der Waals surface area contributed by atoms with E-state index in [2.05, 4.69) is 72.2 Å². The molecule has 9 aromatic carbocycles. The van der Waals surface area contributed by atoms with E-state index < -0.39 is 0 Å². The normalized spacial score (nSPS) is 11.6. The van der Waals surface area contributed by atoms with Crippen LogP contribution < -0.4 is 38.2 Å². The predicted octanol–water partition coefficient (Wildman–Crippen LogP) is 4.98. The zero-order valence-corrected chi connectivity index (χ0v) is 33.4. The van der Waals surface area contributed by atoms with Crippen LogP contribution in [0, 0.1) is 0 Å². The van der Waals surface area contributed by atoms with Gasteiger partial charge in [-0.25, -0.2) is 4.98 Å². The van der Waals surface area contributed by atoms with Crippen molar-refractivity contribution < 1.29 is 5.11 Å². The maximum Gasteiger partial charge on any atom is 0.118 e. The summed E-state index contributed by atoms with van der Waals surface area (Å²) in [5.41, 5.74) is 10.0. The summed E-state index contributed by atoms with van der Waals surface area (Å²) in [6, 6.07) is 46.8. The van der Waals surface area contributed by atoms with Gasteiger partial charge in [0.05, 0.1) is 16.7 Å². The van der Waals surface area contributed by atoms with Crippen molar-refractivity contribution in [3.05, 3.63) is 145 Å². The number of aromatic hydroxyl groups is 1. The van der Waals surface area contributed by atoms with Crippen LogP contribution in [0.25, 0.3) is 93.5 Å². The Balaban J connectivity index is 1.41. The number of fused-ring (bicyclic) bond motifs is 4. The van der Waals surface area contributed by atoms with E-state index in [1.54, 1.807) is 0 Å². The molecule has 10 rings (SSSR count). The Morgan fingerprint density at radius 3 is 1.56 bits per heavy atom. The molecule has 10 heteroatoms. The van der Waals surface area contributed by atoms with Crippen molar-refractivity contribution >= 4 is 137 Å². The molecular formula is C51H29B7N2O. The Bertz CT molecular complexity index is 3300. The van der Waals surface area contributed by atoms with Crippen molar-refractivity contribution in [1.29, 1.82) is 0 Å². The van der Waals surface area contributed by atoms with Crippen LogP contribution in [0.5, 0.6) is 5.75 Å². The third-order valence-electron chi connectivity index (χ3n) is 12.0. The van der Waals surface area contributed by atoms with E-state index in [1.807, 2.05) is 78.9 Å². The Hall–Kier alpha value is -6.52. The number of phenols is 1. The van der Waals surface area contributed by atoms with Gasteiger partial charge in [0, 0.05) is 22.8 Å². The van der Waals surface area contributed by atoms with E-state index in [1.165, 1.54) is 0 Å². The second-order valence-electron chi connectivity index (χ2n) is 15.4. The van der Waals surface area contributed by atoms with Crippen molar-refractivity contribution in [2.45, 2.75) is 13.3 Å². The number of hydrogen-bond acceptors (Lipinski definition) is 2. The SMILES string of the molecule is [B]c1c([B])c([B])c2c(-c3ccc(-n4c(CC)nc5ccccc54)c4ccccc34)c3c(O)c([B])c([B])c([B])c3c(-c3cc(-c4ccccc4)cc(-c4ccccc4)c3)c2c1[B]. The van der Waals surface area contributed by atoms with Gasteiger partial charge in [-0.3, -0.25) is 4.57 Å². The number of aromatic nitrogens is 2. The summed E-state index contributed by atoms with van der Waals surface area (Å²) in [6.45, 7) is 2.10. The van der Waals surface area contributed by atoms with Crippen molar-refractivity contribution in [3.63, 3.8) is 0 Å². The second kappa shape index (κ2) is 14.9. The van der Waals surface area contributed by atoms with Gasteiger partial charge >= 0.3 is 0 Å². The predicted molar refractivity (Wildman–Crippen MR) is 264 cm³/mol. The van der Waals surface area contributed by atoms with E-state index in [0.717, 1.165) is 66.7 Å². The molecule has 0 fully saturated rings. The van der Waals surface area contributed by atoms with E-state index in [-0.39, 0.29) is 44.0 Å². The number of phenolic OH excluding ortho intramolecular Hbond substituents is 1. The largest absolute Gasteiger partial charge is 0.508 e. The van der Waals surface area contributed by atoms with Crippen LogP contribution in [-0.4, -0.2) is 69.6 Å². The van der Waals surface area contributed by atoms with Gasteiger partial charge in [0.2, 0.25) is 0 Å². The minimum atomic E-state index is -0.252. The Labute approximate surface area is 364 Å². The number of aryl methyl sites for hydroxylation is 1. The van der Waals surface area contributed by atoms with Crippen LogP contribution in [0.2, 0.25) is 0 Å². The van der Waals surface area contributed by atoms with E-state index in [4.69, 9.17) is 59.9 Å². The Kier molecular flexibility index (Phi) is 9.44. The molecule has 270 valence electrons. The van der Waals surface area contributed by atoms with Gasteiger partial charge < -0.3 is 5.11 Å². The molecular weight excluding hydrogens is 732 g/mol. The van der Waals surface area contributed by atoms with Gasteiger partial charge in [0.1, 0.15) is 66.5 Å². The van der Waals surface area contributed by atoms with Crippen LogP contribution in [-0.2, 0) is 6.42 Å². The molecule has 10 aromatic rings. The topological polar surface area (TPSA) is 38.0 Å². The highest BCUT2D eigenvalue weighted by atomic mass is 16.3. The second-order valence-corrected chi connectivity index (χ2v) is 15.4. The molecule has 61 heavy (non-hydrogen) atoms. The average Bonchev–Trinajstić information content (AvgIpc) is 3.69. The lowest BCUT2D eigenvalue weighted by Crippen LogP contribution is -2.48. The number of benzene rings is 9. The van der Waals surface area contributed by atoms with Gasteiger partial charge in [-0.1, -0.05) is 132 Å². The lowest BCUT2D eigenvalue weighted by atomic mass is 9.61. The van der Waals surface area contributed by atoms with Gasteiger partial charge in [-0.05, 0) is 96.9 Å². The molecule has 1 N–H and O–H groups in total. The van der Waals surface area contributed by atoms with Gasteiger partial charge in [0.15, 0.2) is 0 Å². The summed E-state index contributed by atoms with van der Waals surface area (Å²) in [7, 11) is 48.4. The molecule has 0 saturated carbocycles. The van der Waals surface area contributed by atoms with Gasteiger partial charge in [0.25, 0.3) is 0 Å². The maximum absolute atomic E-state index is 12.4. The molecule has 1 heterocycles. The molecule has 0 amide bonds. The fourth-order valence-electron chi connectivity index (χ4n) is 9.10. The molecule has 14 radical (unpaired) electrons. The molecule has 3 nitrogen and oxygen atoms in total. The number of hydrogen-bond donors (Lipinski definition) is 1. The van der Waals surface area contributed by atoms with E-state index in [0.29, 0.717) is 39.1 Å². The van der Waals surface area contributed by atoms with E-state index >= 15 is 0 Å². The molecule has 1 aromatic heterocycles. The highest BCUT2D eigenvalue weighted by Crippen LogP contribution is 2.47. The van der Waals surface area contributed by atoms with Crippen LogP contribution in [0.3, 0.4) is 0 Å². The van der Waals surface area contributed by atoms with Crippen molar-refractivity contribution in [2.24, 2.45) is 0 Å². The third-order valence-corrected chi connectivity index (χ3v) is 12.0. The first kappa shape index (κ1) is 38.7. The summed E-state index contributed by atoms with van der Waals surface area (Å²) in [5.74, 6) is 0.665. The van der Waals surface area contributed by atoms with Gasteiger partial charge in [-0.15, -0.1) is 16.4 Å². The summed E-state index contributed by atoms with van der Waals surface area (Å²) in [6.07, 6.45) is 0.712. The van der Waals surface area contributed by atoms with Crippen molar-refractivity contribution in [2.75, 3.05) is 0 Å². The molecule has 0 bridgehead atoms. The van der Waals surface area contributed by atoms with Crippen molar-refractivity contribution in [3.8, 4) is 55.9 Å². The zero-order chi connectivity index (χ0) is 42.3.